The van der Waals surface area contributed by atoms with E-state index in [0.29, 0.717) is 15.8 Å². The highest BCUT2D eigenvalue weighted by Crippen LogP contribution is 2.39. The van der Waals surface area contributed by atoms with Gasteiger partial charge in [0.15, 0.2) is 0 Å². The smallest absolute Gasteiger partial charge is 0.275 e. The van der Waals surface area contributed by atoms with E-state index in [1.165, 1.54) is 6.07 Å². The average Bonchev–Trinajstić information content (AvgIpc) is 2.43. The number of nitrogens with two attached hydrogens (primary N) is 1. The van der Waals surface area contributed by atoms with Gasteiger partial charge in [-0.3, -0.25) is 10.1 Å². The van der Waals surface area contributed by atoms with Gasteiger partial charge in [0.1, 0.15) is 0 Å². The van der Waals surface area contributed by atoms with E-state index in [4.69, 9.17) is 17.3 Å². The molecule has 0 bridgehead atoms. The molecule has 5 nitrogen and oxygen atoms in total. The first-order valence-corrected chi connectivity index (χ1v) is 7.79. The van der Waals surface area contributed by atoms with Crippen LogP contribution in [0.25, 0.3) is 0 Å². The molecule has 2 rings (SSSR count). The maximum atomic E-state index is 10.9. The fraction of sp³-hybridized carbons (Fsp3) is 0.538. The van der Waals surface area contributed by atoms with Crippen molar-refractivity contribution < 1.29 is 4.92 Å². The van der Waals surface area contributed by atoms with E-state index in [1.54, 1.807) is 17.8 Å². The van der Waals surface area contributed by atoms with E-state index in [0.717, 1.165) is 30.8 Å². The number of nitro groups is 1. The minimum atomic E-state index is -0.432. The molecule has 0 amide bonds. The van der Waals surface area contributed by atoms with Crippen LogP contribution in [0.5, 0.6) is 0 Å². The molecule has 0 saturated carbocycles. The summed E-state index contributed by atoms with van der Waals surface area (Å²) in [6.45, 7) is 2.23. The number of nitrogens with zero attached hydrogens (tertiary/aromatic N) is 2. The number of rotatable bonds is 4. The van der Waals surface area contributed by atoms with Crippen LogP contribution in [0.3, 0.4) is 0 Å². The van der Waals surface area contributed by atoms with Gasteiger partial charge >= 0.3 is 0 Å². The second kappa shape index (κ2) is 6.76. The normalized spacial score (nSPS) is 17.4. The topological polar surface area (TPSA) is 72.4 Å². The summed E-state index contributed by atoms with van der Waals surface area (Å²) in [6, 6.07) is 3.24. The Kier molecular flexibility index (Phi) is 5.26. The zero-order chi connectivity index (χ0) is 14.7. The molecule has 0 radical (unpaired) electrons. The predicted octanol–water partition coefficient (Wildman–Crippen LogP) is 2.89. The Balaban J connectivity index is 2.18. The van der Waals surface area contributed by atoms with Crippen molar-refractivity contribution in [1.29, 1.82) is 0 Å². The predicted molar refractivity (Wildman–Crippen MR) is 82.4 cm³/mol. The van der Waals surface area contributed by atoms with Crippen molar-refractivity contribution in [2.24, 2.45) is 5.73 Å². The number of hydrogen-bond acceptors (Lipinski definition) is 5. The van der Waals surface area contributed by atoms with Crippen LogP contribution in [0.15, 0.2) is 17.0 Å². The third-order valence-corrected chi connectivity index (χ3v) is 5.49. The molecule has 1 aromatic carbocycles. The molecule has 1 aromatic rings. The minimum Gasteiger partial charge on any atom is -0.326 e. The van der Waals surface area contributed by atoms with E-state index < -0.39 is 4.92 Å². The largest absolute Gasteiger partial charge is 0.326 e. The Morgan fingerprint density at radius 1 is 1.50 bits per heavy atom. The van der Waals surface area contributed by atoms with Crippen molar-refractivity contribution in [2.45, 2.75) is 29.5 Å². The van der Waals surface area contributed by atoms with Gasteiger partial charge in [-0.1, -0.05) is 11.6 Å². The lowest BCUT2D eigenvalue weighted by molar-refractivity contribution is -0.385. The fourth-order valence-electron chi connectivity index (χ4n) is 2.33. The standard InChI is InChI=1S/C13H18ClN3O2S/c1-16-6-4-9(5-7-16)20-12-3-2-11(17(18)19)10(8-15)13(12)14/h2-3,9H,4-8,15H2,1H3. The molecule has 20 heavy (non-hydrogen) atoms. The minimum absolute atomic E-state index is 0.00484. The van der Waals surface area contributed by atoms with Crippen molar-refractivity contribution >= 4 is 29.1 Å². The highest BCUT2D eigenvalue weighted by atomic mass is 35.5. The fourth-order valence-corrected chi connectivity index (χ4v) is 3.88. The highest BCUT2D eigenvalue weighted by Gasteiger charge is 2.22. The lowest BCUT2D eigenvalue weighted by Crippen LogP contribution is -2.31. The quantitative estimate of drug-likeness (QED) is 0.683. The number of likely N-dealkylation sites (tertiary alicyclic amines) is 1. The first-order chi connectivity index (χ1) is 9.52. The molecule has 0 atom stereocenters. The van der Waals surface area contributed by atoms with Crippen LogP contribution in [0, 0.1) is 10.1 Å². The molecule has 1 saturated heterocycles. The molecule has 0 aromatic heterocycles. The van der Waals surface area contributed by atoms with Crippen LogP contribution in [-0.4, -0.2) is 35.2 Å². The Morgan fingerprint density at radius 2 is 2.15 bits per heavy atom. The van der Waals surface area contributed by atoms with Crippen LogP contribution >= 0.6 is 23.4 Å². The SMILES string of the molecule is CN1CCC(Sc2ccc([N+](=O)[O-])c(CN)c2Cl)CC1. The van der Waals surface area contributed by atoms with E-state index in [-0.39, 0.29) is 12.2 Å². The van der Waals surface area contributed by atoms with Gasteiger partial charge < -0.3 is 10.6 Å². The van der Waals surface area contributed by atoms with Gasteiger partial charge in [-0.2, -0.15) is 0 Å². The van der Waals surface area contributed by atoms with E-state index in [2.05, 4.69) is 11.9 Å². The van der Waals surface area contributed by atoms with Crippen LogP contribution < -0.4 is 5.73 Å². The molecule has 0 aliphatic carbocycles. The maximum Gasteiger partial charge on any atom is 0.275 e. The number of thioether (sulfide) groups is 1. The second-order valence-electron chi connectivity index (χ2n) is 4.96. The number of piperidine rings is 1. The van der Waals surface area contributed by atoms with Crippen molar-refractivity contribution in [3.05, 3.63) is 32.8 Å². The van der Waals surface area contributed by atoms with Crippen molar-refractivity contribution in [1.82, 2.24) is 4.90 Å². The summed E-state index contributed by atoms with van der Waals surface area (Å²) >= 11 is 8.00. The first kappa shape index (κ1) is 15.6. The van der Waals surface area contributed by atoms with Crippen LogP contribution in [-0.2, 0) is 6.54 Å². The lowest BCUT2D eigenvalue weighted by atomic mass is 10.1. The maximum absolute atomic E-state index is 10.9. The van der Waals surface area contributed by atoms with Gasteiger partial charge in [-0.15, -0.1) is 11.8 Å². The number of nitro benzene ring substituents is 1. The molecule has 1 heterocycles. The van der Waals surface area contributed by atoms with Gasteiger partial charge in [0, 0.05) is 22.8 Å². The first-order valence-electron chi connectivity index (χ1n) is 6.54. The Hall–Kier alpha value is -0.820. The third kappa shape index (κ3) is 3.44. The van der Waals surface area contributed by atoms with Crippen LogP contribution in [0.2, 0.25) is 5.02 Å². The third-order valence-electron chi connectivity index (χ3n) is 3.54. The molecule has 0 unspecified atom stereocenters. The van der Waals surface area contributed by atoms with Crippen molar-refractivity contribution in [2.75, 3.05) is 20.1 Å². The summed E-state index contributed by atoms with van der Waals surface area (Å²) in [6.07, 6.45) is 2.21. The molecule has 7 heteroatoms. The van der Waals surface area contributed by atoms with Gasteiger partial charge in [-0.05, 0) is 39.0 Å². The lowest BCUT2D eigenvalue weighted by Gasteiger charge is -2.28. The van der Waals surface area contributed by atoms with Gasteiger partial charge in [-0.25, -0.2) is 0 Å². The summed E-state index contributed by atoms with van der Waals surface area (Å²) in [7, 11) is 2.12. The summed E-state index contributed by atoms with van der Waals surface area (Å²) in [5, 5.41) is 11.9. The molecule has 2 N–H and O–H groups in total. The molecule has 110 valence electrons. The van der Waals surface area contributed by atoms with E-state index in [1.807, 2.05) is 0 Å². The summed E-state index contributed by atoms with van der Waals surface area (Å²) in [5.41, 5.74) is 6.04. The molecular weight excluding hydrogens is 298 g/mol. The number of halogens is 1. The van der Waals surface area contributed by atoms with Gasteiger partial charge in [0.05, 0.1) is 15.5 Å². The Bertz CT molecular complexity index is 505. The van der Waals surface area contributed by atoms with Crippen LogP contribution in [0.4, 0.5) is 5.69 Å². The average molecular weight is 316 g/mol. The summed E-state index contributed by atoms with van der Waals surface area (Å²) < 4.78 is 0. The monoisotopic (exact) mass is 315 g/mol. The van der Waals surface area contributed by atoms with E-state index in [9.17, 15) is 10.1 Å². The zero-order valence-electron chi connectivity index (χ0n) is 11.3. The van der Waals surface area contributed by atoms with E-state index >= 15 is 0 Å². The molecule has 1 aliphatic rings. The van der Waals surface area contributed by atoms with Crippen molar-refractivity contribution in [3.63, 3.8) is 0 Å². The van der Waals surface area contributed by atoms with Gasteiger partial charge in [0.25, 0.3) is 5.69 Å². The Labute approximate surface area is 127 Å². The Morgan fingerprint density at radius 3 is 2.70 bits per heavy atom. The molecule has 1 aliphatic heterocycles. The molecular formula is C13H18ClN3O2S. The summed E-state index contributed by atoms with van der Waals surface area (Å²) in [5.74, 6) is 0. The number of hydrogen-bond donors (Lipinski definition) is 1. The van der Waals surface area contributed by atoms with Crippen LogP contribution in [0.1, 0.15) is 18.4 Å². The van der Waals surface area contributed by atoms with Crippen molar-refractivity contribution in [3.8, 4) is 0 Å². The molecule has 1 fully saturated rings. The number of benzene rings is 1. The zero-order valence-corrected chi connectivity index (χ0v) is 12.9. The second-order valence-corrected chi connectivity index (χ2v) is 6.68. The highest BCUT2D eigenvalue weighted by molar-refractivity contribution is 8.00. The summed E-state index contributed by atoms with van der Waals surface area (Å²) in [4.78, 5) is 13.7. The van der Waals surface area contributed by atoms with Gasteiger partial charge in [0.2, 0.25) is 0 Å². The molecule has 0 spiro atoms.